The predicted molar refractivity (Wildman–Crippen MR) is 125 cm³/mol. The molecule has 9 nitrogen and oxygen atoms in total. The average molecular weight is 461 g/mol. The Bertz CT molecular complexity index is 813. The van der Waals surface area contributed by atoms with Crippen LogP contribution in [0, 0.1) is 0 Å². The summed E-state index contributed by atoms with van der Waals surface area (Å²) < 4.78 is 11.0. The molecule has 2 heterocycles. The smallest absolute Gasteiger partial charge is 0.410 e. The Labute approximate surface area is 196 Å². The fourth-order valence-corrected chi connectivity index (χ4v) is 3.85. The monoisotopic (exact) mass is 460 g/mol. The molecular weight excluding hydrogens is 424 g/mol. The van der Waals surface area contributed by atoms with Gasteiger partial charge in [-0.3, -0.25) is 14.5 Å². The minimum Gasteiger partial charge on any atom is -0.484 e. The molecule has 2 aliphatic heterocycles. The molecule has 1 N–H and O–H groups in total. The van der Waals surface area contributed by atoms with Crippen molar-refractivity contribution in [2.45, 2.75) is 45.6 Å². The SMILES string of the molecule is CC(C)(C)OC(=O)N1CCN(CCCNC(=O)COc2ccc(N3CCCC3=O)cc2)CC1. The van der Waals surface area contributed by atoms with Gasteiger partial charge in [0.25, 0.3) is 5.91 Å². The van der Waals surface area contributed by atoms with Gasteiger partial charge in [-0.25, -0.2) is 4.79 Å². The molecule has 0 aliphatic carbocycles. The molecule has 9 heteroatoms. The minimum absolute atomic E-state index is 0.0451. The summed E-state index contributed by atoms with van der Waals surface area (Å²) in [5.74, 6) is 0.583. The van der Waals surface area contributed by atoms with Gasteiger partial charge in [0.1, 0.15) is 11.4 Å². The van der Waals surface area contributed by atoms with Crippen molar-refractivity contribution >= 4 is 23.6 Å². The number of anilines is 1. The van der Waals surface area contributed by atoms with Crippen molar-refractivity contribution in [1.29, 1.82) is 0 Å². The van der Waals surface area contributed by atoms with E-state index < -0.39 is 5.60 Å². The van der Waals surface area contributed by atoms with Gasteiger partial charge >= 0.3 is 6.09 Å². The zero-order chi connectivity index (χ0) is 23.8. The Balaban J connectivity index is 1.26. The fraction of sp³-hybridized carbons (Fsp3) is 0.625. The Morgan fingerprint density at radius 2 is 1.73 bits per heavy atom. The summed E-state index contributed by atoms with van der Waals surface area (Å²) in [6.45, 7) is 10.7. The molecule has 2 fully saturated rings. The molecule has 0 radical (unpaired) electrons. The molecule has 0 spiro atoms. The van der Waals surface area contributed by atoms with Crippen molar-refractivity contribution in [3.8, 4) is 5.75 Å². The van der Waals surface area contributed by atoms with Gasteiger partial charge in [0.2, 0.25) is 5.91 Å². The number of ether oxygens (including phenoxy) is 2. The summed E-state index contributed by atoms with van der Waals surface area (Å²) in [4.78, 5) is 41.8. The number of carbonyl (C=O) groups is 3. The van der Waals surface area contributed by atoms with E-state index in [2.05, 4.69) is 10.2 Å². The van der Waals surface area contributed by atoms with E-state index in [1.165, 1.54) is 0 Å². The maximum absolute atomic E-state index is 12.1. The third-order valence-electron chi connectivity index (χ3n) is 5.59. The highest BCUT2D eigenvalue weighted by atomic mass is 16.6. The Kier molecular flexibility index (Phi) is 8.55. The molecule has 0 saturated carbocycles. The Hall–Kier alpha value is -2.81. The number of rotatable bonds is 8. The van der Waals surface area contributed by atoms with Crippen LogP contribution in [0.25, 0.3) is 0 Å². The second-order valence-electron chi connectivity index (χ2n) is 9.44. The number of hydrogen-bond donors (Lipinski definition) is 1. The Morgan fingerprint density at radius 1 is 1.03 bits per heavy atom. The van der Waals surface area contributed by atoms with Gasteiger partial charge in [0, 0.05) is 51.4 Å². The van der Waals surface area contributed by atoms with E-state index in [4.69, 9.17) is 9.47 Å². The van der Waals surface area contributed by atoms with Crippen molar-refractivity contribution < 1.29 is 23.9 Å². The molecule has 0 atom stereocenters. The highest BCUT2D eigenvalue weighted by molar-refractivity contribution is 5.95. The van der Waals surface area contributed by atoms with E-state index in [1.807, 2.05) is 32.9 Å². The van der Waals surface area contributed by atoms with Crippen LogP contribution in [0.5, 0.6) is 5.75 Å². The first-order valence-electron chi connectivity index (χ1n) is 11.7. The van der Waals surface area contributed by atoms with Crippen molar-refractivity contribution in [3.05, 3.63) is 24.3 Å². The molecule has 3 amide bonds. The Morgan fingerprint density at radius 3 is 2.33 bits per heavy atom. The molecule has 2 aliphatic rings. The van der Waals surface area contributed by atoms with E-state index in [0.717, 1.165) is 44.7 Å². The van der Waals surface area contributed by atoms with E-state index in [9.17, 15) is 14.4 Å². The lowest BCUT2D eigenvalue weighted by Gasteiger charge is -2.35. The molecule has 1 aromatic carbocycles. The molecule has 1 aromatic rings. The number of piperazine rings is 1. The summed E-state index contributed by atoms with van der Waals surface area (Å²) in [5.41, 5.74) is 0.384. The lowest BCUT2D eigenvalue weighted by atomic mass is 10.2. The van der Waals surface area contributed by atoms with Gasteiger partial charge in [-0.2, -0.15) is 0 Å². The standard InChI is InChI=1S/C24H36N4O5/c1-24(2,3)33-23(31)27-16-14-26(15-17-27)12-5-11-25-21(29)18-32-20-9-7-19(8-10-20)28-13-4-6-22(28)30/h7-10H,4-6,11-18H2,1-3H3,(H,25,29). The van der Waals surface area contributed by atoms with Crippen molar-refractivity contribution in [2.24, 2.45) is 0 Å². The highest BCUT2D eigenvalue weighted by Crippen LogP contribution is 2.23. The third-order valence-corrected chi connectivity index (χ3v) is 5.59. The summed E-state index contributed by atoms with van der Waals surface area (Å²) >= 11 is 0. The summed E-state index contributed by atoms with van der Waals surface area (Å²) in [6.07, 6.45) is 2.06. The molecule has 2 saturated heterocycles. The van der Waals surface area contributed by atoms with Gasteiger partial charge in [-0.15, -0.1) is 0 Å². The zero-order valence-corrected chi connectivity index (χ0v) is 20.0. The topological polar surface area (TPSA) is 91.4 Å². The van der Waals surface area contributed by atoms with Crippen LogP contribution in [-0.2, 0) is 14.3 Å². The van der Waals surface area contributed by atoms with Crippen LogP contribution < -0.4 is 15.0 Å². The lowest BCUT2D eigenvalue weighted by Crippen LogP contribution is -2.50. The van der Waals surface area contributed by atoms with Crippen LogP contribution in [-0.4, -0.2) is 85.7 Å². The average Bonchev–Trinajstić information content (AvgIpc) is 3.20. The first-order chi connectivity index (χ1) is 15.7. The molecular formula is C24H36N4O5. The van der Waals surface area contributed by atoms with Crippen LogP contribution in [0.15, 0.2) is 24.3 Å². The fourth-order valence-electron chi connectivity index (χ4n) is 3.85. The van der Waals surface area contributed by atoms with Crippen molar-refractivity contribution in [1.82, 2.24) is 15.1 Å². The number of nitrogens with one attached hydrogen (secondary N) is 1. The maximum Gasteiger partial charge on any atom is 0.410 e. The summed E-state index contributed by atoms with van der Waals surface area (Å²) in [5, 5.41) is 2.88. The molecule has 0 bridgehead atoms. The first-order valence-corrected chi connectivity index (χ1v) is 11.7. The van der Waals surface area contributed by atoms with Crippen LogP contribution in [0.2, 0.25) is 0 Å². The third kappa shape index (κ3) is 7.92. The number of nitrogens with zero attached hydrogens (tertiary/aromatic N) is 3. The number of benzene rings is 1. The highest BCUT2D eigenvalue weighted by Gasteiger charge is 2.25. The van der Waals surface area contributed by atoms with Gasteiger partial charge in [-0.1, -0.05) is 0 Å². The maximum atomic E-state index is 12.1. The van der Waals surface area contributed by atoms with Crippen LogP contribution in [0.3, 0.4) is 0 Å². The van der Waals surface area contributed by atoms with E-state index >= 15 is 0 Å². The van der Waals surface area contributed by atoms with Crippen LogP contribution in [0.1, 0.15) is 40.0 Å². The largest absolute Gasteiger partial charge is 0.484 e. The van der Waals surface area contributed by atoms with Gasteiger partial charge in [-0.05, 0) is 64.4 Å². The number of hydrogen-bond acceptors (Lipinski definition) is 6. The quantitative estimate of drug-likeness (QED) is 0.599. The van der Waals surface area contributed by atoms with Crippen molar-refractivity contribution in [2.75, 3.05) is 57.3 Å². The molecule has 0 unspecified atom stereocenters. The van der Waals surface area contributed by atoms with Gasteiger partial charge in [0.05, 0.1) is 0 Å². The second-order valence-corrected chi connectivity index (χ2v) is 9.44. The predicted octanol–water partition coefficient (Wildman–Crippen LogP) is 2.25. The second kappa shape index (κ2) is 11.4. The molecule has 33 heavy (non-hydrogen) atoms. The molecule has 3 rings (SSSR count). The summed E-state index contributed by atoms with van der Waals surface area (Å²) in [7, 11) is 0. The van der Waals surface area contributed by atoms with Crippen LogP contribution in [0.4, 0.5) is 10.5 Å². The first kappa shape index (κ1) is 24.8. The zero-order valence-electron chi connectivity index (χ0n) is 20.0. The number of carbonyl (C=O) groups excluding carboxylic acids is 3. The molecule has 182 valence electrons. The van der Waals surface area contributed by atoms with E-state index in [0.29, 0.717) is 31.8 Å². The van der Waals surface area contributed by atoms with E-state index in [1.54, 1.807) is 21.9 Å². The lowest BCUT2D eigenvalue weighted by molar-refractivity contribution is -0.123. The van der Waals surface area contributed by atoms with Crippen LogP contribution >= 0.6 is 0 Å². The van der Waals surface area contributed by atoms with E-state index in [-0.39, 0.29) is 24.5 Å². The van der Waals surface area contributed by atoms with Crippen molar-refractivity contribution in [3.63, 3.8) is 0 Å². The normalized spacial score (nSPS) is 17.2. The minimum atomic E-state index is -0.479. The number of amides is 3. The summed E-state index contributed by atoms with van der Waals surface area (Å²) in [6, 6.07) is 7.26. The van der Waals surface area contributed by atoms with Gasteiger partial charge < -0.3 is 24.6 Å². The molecule has 0 aromatic heterocycles. The van der Waals surface area contributed by atoms with Gasteiger partial charge in [0.15, 0.2) is 6.61 Å².